The zero-order valence-corrected chi connectivity index (χ0v) is 22.3. The molecule has 4 aromatic heterocycles. The quantitative estimate of drug-likeness (QED) is 0.221. The number of nitrogens with one attached hydrogen (secondary N) is 2. The molecular formula is C20H18Cl2N6O2S4. The fourth-order valence-corrected chi connectivity index (χ4v) is 6.67. The van der Waals surface area contributed by atoms with Gasteiger partial charge in [-0.05, 0) is 37.1 Å². The van der Waals surface area contributed by atoms with Crippen molar-refractivity contribution in [2.24, 2.45) is 0 Å². The largest absolute Gasteiger partial charge is 0.300 e. The van der Waals surface area contributed by atoms with Crippen molar-refractivity contribution in [1.29, 1.82) is 0 Å². The molecule has 0 unspecified atom stereocenters. The van der Waals surface area contributed by atoms with Crippen molar-refractivity contribution >= 4 is 90.6 Å². The third kappa shape index (κ3) is 7.79. The van der Waals surface area contributed by atoms with Crippen LogP contribution in [0.25, 0.3) is 0 Å². The molecule has 14 heteroatoms. The lowest BCUT2D eigenvalue weighted by atomic mass is 10.2. The number of anilines is 2. The Labute approximate surface area is 221 Å². The second-order valence-electron chi connectivity index (χ2n) is 7.07. The third-order valence-electron chi connectivity index (χ3n) is 4.38. The molecule has 0 saturated carbocycles. The first-order chi connectivity index (χ1) is 16.4. The highest BCUT2D eigenvalue weighted by Crippen LogP contribution is 2.24. The van der Waals surface area contributed by atoms with E-state index in [-0.39, 0.29) is 24.7 Å². The van der Waals surface area contributed by atoms with Crippen LogP contribution in [0.5, 0.6) is 0 Å². The van der Waals surface area contributed by atoms with Crippen LogP contribution in [0.3, 0.4) is 0 Å². The highest BCUT2D eigenvalue weighted by atomic mass is 35.5. The Morgan fingerprint density at radius 2 is 1.12 bits per heavy atom. The third-order valence-corrected chi connectivity index (χ3v) is 8.64. The molecular weight excluding hydrogens is 555 g/mol. The lowest BCUT2D eigenvalue weighted by Crippen LogP contribution is -2.13. The van der Waals surface area contributed by atoms with E-state index in [0.29, 0.717) is 18.9 Å². The minimum absolute atomic E-state index is 0.139. The van der Waals surface area contributed by atoms with Gasteiger partial charge >= 0.3 is 0 Å². The summed E-state index contributed by atoms with van der Waals surface area (Å²) in [5.74, 6) is -0.279. The molecule has 4 aromatic rings. The number of aromatic nitrogens is 4. The van der Waals surface area contributed by atoms with Gasteiger partial charge in [-0.25, -0.2) is 0 Å². The minimum Gasteiger partial charge on any atom is -0.300 e. The van der Waals surface area contributed by atoms with Gasteiger partial charge < -0.3 is 10.6 Å². The molecule has 4 heterocycles. The molecule has 0 aliphatic carbocycles. The molecule has 2 amide bonds. The SMILES string of the molecule is O=C(Cc1ccc(Cl)s1)Nc1nnc(CCCCc2nnc(NC(=O)Cc3ccc(Cl)s3)s2)s1. The van der Waals surface area contributed by atoms with E-state index in [1.165, 1.54) is 45.3 Å². The standard InChI is InChI=1S/C20H18Cl2N6O2S4/c21-13-7-5-11(31-13)9-15(29)23-19-27-25-17(33-19)3-1-2-4-18-26-28-20(34-18)24-16(30)10-12-6-8-14(22)32-12/h5-8H,1-4,9-10H2,(H,23,27,29)(H,24,28,30). The van der Waals surface area contributed by atoms with Crippen molar-refractivity contribution in [3.05, 3.63) is 52.7 Å². The van der Waals surface area contributed by atoms with Crippen molar-refractivity contribution in [3.8, 4) is 0 Å². The molecule has 0 radical (unpaired) electrons. The van der Waals surface area contributed by atoms with Crippen LogP contribution in [0.1, 0.15) is 32.6 Å². The monoisotopic (exact) mass is 572 g/mol. The molecule has 0 aliphatic rings. The van der Waals surface area contributed by atoms with Gasteiger partial charge in [-0.15, -0.1) is 43.1 Å². The number of rotatable bonds is 11. The lowest BCUT2D eigenvalue weighted by molar-refractivity contribution is -0.116. The predicted octanol–water partition coefficient (Wildman–Crippen LogP) is 5.75. The van der Waals surface area contributed by atoms with Gasteiger partial charge in [-0.1, -0.05) is 45.9 Å². The number of nitrogens with zero attached hydrogens (tertiary/aromatic N) is 4. The van der Waals surface area contributed by atoms with Crippen molar-refractivity contribution in [2.75, 3.05) is 10.6 Å². The average Bonchev–Trinajstić information content (AvgIpc) is 3.57. The van der Waals surface area contributed by atoms with Crippen molar-refractivity contribution in [3.63, 3.8) is 0 Å². The normalized spacial score (nSPS) is 11.0. The van der Waals surface area contributed by atoms with Gasteiger partial charge in [0.25, 0.3) is 0 Å². The van der Waals surface area contributed by atoms with Crippen LogP contribution in [0.2, 0.25) is 8.67 Å². The van der Waals surface area contributed by atoms with Crippen molar-refractivity contribution < 1.29 is 9.59 Å². The van der Waals surface area contributed by atoms with Crippen LogP contribution in [-0.2, 0) is 35.3 Å². The van der Waals surface area contributed by atoms with Crippen LogP contribution >= 0.6 is 68.5 Å². The molecule has 8 nitrogen and oxygen atoms in total. The number of halogens is 2. The lowest BCUT2D eigenvalue weighted by Gasteiger charge is -1.98. The number of amides is 2. The van der Waals surface area contributed by atoms with Crippen LogP contribution in [-0.4, -0.2) is 32.2 Å². The van der Waals surface area contributed by atoms with E-state index >= 15 is 0 Å². The summed E-state index contributed by atoms with van der Waals surface area (Å²) in [4.78, 5) is 26.1. The van der Waals surface area contributed by atoms with Crippen LogP contribution < -0.4 is 10.6 Å². The molecule has 0 aliphatic heterocycles. The van der Waals surface area contributed by atoms with E-state index in [4.69, 9.17) is 23.2 Å². The number of hydrogen-bond donors (Lipinski definition) is 2. The second kappa shape index (κ2) is 12.1. The van der Waals surface area contributed by atoms with E-state index in [9.17, 15) is 9.59 Å². The van der Waals surface area contributed by atoms with Gasteiger partial charge in [-0.3, -0.25) is 9.59 Å². The summed E-state index contributed by atoms with van der Waals surface area (Å²) in [6, 6.07) is 7.24. The molecule has 0 saturated heterocycles. The molecule has 34 heavy (non-hydrogen) atoms. The first-order valence-electron chi connectivity index (χ1n) is 10.2. The molecule has 0 spiro atoms. The highest BCUT2D eigenvalue weighted by molar-refractivity contribution is 7.17. The molecule has 2 N–H and O–H groups in total. The number of aryl methyl sites for hydroxylation is 2. The Kier molecular flexibility index (Phi) is 8.98. The molecule has 0 bridgehead atoms. The van der Waals surface area contributed by atoms with Crippen LogP contribution in [0.15, 0.2) is 24.3 Å². The summed E-state index contributed by atoms with van der Waals surface area (Å²) in [7, 11) is 0. The maximum Gasteiger partial charge on any atom is 0.231 e. The summed E-state index contributed by atoms with van der Waals surface area (Å²) >= 11 is 17.3. The van der Waals surface area contributed by atoms with Gasteiger partial charge in [0.15, 0.2) is 0 Å². The van der Waals surface area contributed by atoms with Gasteiger partial charge in [0.1, 0.15) is 10.0 Å². The molecule has 0 atom stereocenters. The topological polar surface area (TPSA) is 110 Å². The van der Waals surface area contributed by atoms with Crippen LogP contribution in [0.4, 0.5) is 10.3 Å². The van der Waals surface area contributed by atoms with E-state index in [2.05, 4.69) is 31.0 Å². The van der Waals surface area contributed by atoms with Gasteiger partial charge in [0.05, 0.1) is 21.5 Å². The van der Waals surface area contributed by atoms with E-state index in [1.54, 1.807) is 12.1 Å². The molecule has 0 aromatic carbocycles. The Morgan fingerprint density at radius 3 is 1.50 bits per heavy atom. The van der Waals surface area contributed by atoms with Crippen molar-refractivity contribution in [1.82, 2.24) is 20.4 Å². The molecule has 178 valence electrons. The Morgan fingerprint density at radius 1 is 0.676 bits per heavy atom. The number of carbonyl (C=O) groups excluding carboxylic acids is 2. The number of carbonyl (C=O) groups is 2. The Bertz CT molecular complexity index is 1170. The molecule has 0 fully saturated rings. The average molecular weight is 574 g/mol. The minimum atomic E-state index is -0.139. The van der Waals surface area contributed by atoms with Gasteiger partial charge in [-0.2, -0.15) is 0 Å². The number of unbranched alkanes of at least 4 members (excludes halogenated alkanes) is 1. The van der Waals surface area contributed by atoms with Gasteiger partial charge in [0, 0.05) is 22.6 Å². The van der Waals surface area contributed by atoms with Crippen LogP contribution in [0, 0.1) is 0 Å². The first-order valence-corrected chi connectivity index (χ1v) is 14.2. The highest BCUT2D eigenvalue weighted by Gasteiger charge is 2.12. The van der Waals surface area contributed by atoms with E-state index in [0.717, 1.165) is 45.5 Å². The summed E-state index contributed by atoms with van der Waals surface area (Å²) in [5, 5.41) is 24.7. The van der Waals surface area contributed by atoms with Gasteiger partial charge in [0.2, 0.25) is 22.1 Å². The summed E-state index contributed by atoms with van der Waals surface area (Å²) in [6.45, 7) is 0. The zero-order valence-electron chi connectivity index (χ0n) is 17.5. The first kappa shape index (κ1) is 25.1. The summed E-state index contributed by atoms with van der Waals surface area (Å²) < 4.78 is 1.32. The fraction of sp³-hybridized carbons (Fsp3) is 0.300. The summed E-state index contributed by atoms with van der Waals surface area (Å²) in [5.41, 5.74) is 0. The number of hydrogen-bond acceptors (Lipinski definition) is 10. The van der Waals surface area contributed by atoms with E-state index in [1.807, 2.05) is 12.1 Å². The van der Waals surface area contributed by atoms with Crippen molar-refractivity contribution in [2.45, 2.75) is 38.5 Å². The summed E-state index contributed by atoms with van der Waals surface area (Å²) in [6.07, 6.45) is 3.85. The Hall–Kier alpha value is -1.96. The maximum atomic E-state index is 12.1. The van der Waals surface area contributed by atoms with E-state index < -0.39 is 0 Å². The fourth-order valence-electron chi connectivity index (χ4n) is 2.90. The predicted molar refractivity (Wildman–Crippen MR) is 140 cm³/mol. The molecule has 4 rings (SSSR count). The number of thiophene rings is 2. The zero-order chi connectivity index (χ0) is 23.9. The smallest absolute Gasteiger partial charge is 0.231 e. The Balaban J connectivity index is 1.14. The second-order valence-corrected chi connectivity index (χ2v) is 12.8. The maximum absolute atomic E-state index is 12.1.